The molecule has 8 aromatic rings. The summed E-state index contributed by atoms with van der Waals surface area (Å²) in [6.07, 6.45) is 7.42. The van der Waals surface area contributed by atoms with E-state index in [0.29, 0.717) is 11.1 Å². The minimum atomic E-state index is -0.0505. The molecule has 1 aliphatic carbocycles. The Kier molecular flexibility index (Phi) is 6.35. The molecule has 48 heavy (non-hydrogen) atoms. The number of para-hydroxylation sites is 4. The van der Waals surface area contributed by atoms with E-state index in [1.807, 2.05) is 24.3 Å². The molecule has 224 valence electrons. The summed E-state index contributed by atoms with van der Waals surface area (Å²) in [6.45, 7) is 0. The van der Waals surface area contributed by atoms with Gasteiger partial charge in [0.1, 0.15) is 0 Å². The summed E-state index contributed by atoms with van der Waals surface area (Å²) in [5.41, 5.74) is 10.4. The van der Waals surface area contributed by atoms with Gasteiger partial charge in [-0.3, -0.25) is 0 Å². The summed E-state index contributed by atoms with van der Waals surface area (Å²) in [6, 6.07) is 50.7. The Morgan fingerprint density at radius 2 is 1.02 bits per heavy atom. The highest BCUT2D eigenvalue weighted by molar-refractivity contribution is 6.11. The lowest BCUT2D eigenvalue weighted by Gasteiger charge is -2.24. The molecule has 6 aromatic carbocycles. The third-order valence-electron chi connectivity index (χ3n) is 9.77. The zero-order chi connectivity index (χ0) is 32.2. The Hall–Kier alpha value is -6.62. The van der Waals surface area contributed by atoms with Gasteiger partial charge in [-0.1, -0.05) is 103 Å². The third-order valence-corrected chi connectivity index (χ3v) is 9.77. The van der Waals surface area contributed by atoms with E-state index in [4.69, 9.17) is 0 Å². The van der Waals surface area contributed by atoms with Crippen LogP contribution >= 0.6 is 0 Å². The minimum absolute atomic E-state index is 0.0505. The van der Waals surface area contributed by atoms with Crippen molar-refractivity contribution in [2.45, 2.75) is 12.3 Å². The molecule has 0 amide bonds. The lowest BCUT2D eigenvalue weighted by atomic mass is 9.82. The van der Waals surface area contributed by atoms with Gasteiger partial charge >= 0.3 is 0 Å². The molecule has 9 rings (SSSR count). The van der Waals surface area contributed by atoms with Crippen molar-refractivity contribution in [1.82, 2.24) is 9.13 Å². The van der Waals surface area contributed by atoms with Gasteiger partial charge in [0.2, 0.25) is 0 Å². The fourth-order valence-electron chi connectivity index (χ4n) is 7.75. The first-order valence-electron chi connectivity index (χ1n) is 16.2. The summed E-state index contributed by atoms with van der Waals surface area (Å²) < 4.78 is 4.60. The highest BCUT2D eigenvalue weighted by Gasteiger charge is 2.25. The molecule has 0 N–H and O–H groups in total. The van der Waals surface area contributed by atoms with Crippen molar-refractivity contribution >= 4 is 49.3 Å². The van der Waals surface area contributed by atoms with E-state index in [2.05, 4.69) is 149 Å². The van der Waals surface area contributed by atoms with Crippen molar-refractivity contribution in [3.8, 4) is 29.0 Å². The number of fused-ring (bicyclic) bond motifs is 6. The van der Waals surface area contributed by atoms with Gasteiger partial charge in [-0.05, 0) is 66.1 Å². The maximum atomic E-state index is 10.5. The normalized spacial score (nSPS) is 14.4. The fourth-order valence-corrected chi connectivity index (χ4v) is 7.75. The van der Waals surface area contributed by atoms with Crippen LogP contribution in [0.25, 0.3) is 66.1 Å². The van der Waals surface area contributed by atoms with Crippen molar-refractivity contribution in [3.63, 3.8) is 0 Å². The zero-order valence-corrected chi connectivity index (χ0v) is 26.0. The average molecular weight is 613 g/mol. The van der Waals surface area contributed by atoms with Gasteiger partial charge in [0.15, 0.2) is 0 Å². The molecule has 0 bridgehead atoms. The Balaban J connectivity index is 1.23. The number of allylic oxidation sites excluding steroid dienone is 4. The van der Waals surface area contributed by atoms with Gasteiger partial charge < -0.3 is 9.13 Å². The van der Waals surface area contributed by atoms with Gasteiger partial charge in [-0.15, -0.1) is 0 Å². The number of hydrogen-bond acceptors (Lipinski definition) is 2. The molecular formula is C44H28N4. The fraction of sp³-hybridized carbons (Fsp3) is 0.0455. The molecule has 0 aliphatic heterocycles. The second kappa shape index (κ2) is 11.0. The second-order valence-electron chi connectivity index (χ2n) is 12.3. The standard InChI is InChI=1S/C44H28N4/c45-27-30-11-9-17-37(43(30)29-23-25-32(26-24-29)47-38-18-5-1-13-33(38)34-14-2-6-19-39(34)47)44-31(28-46)12-10-22-42(44)48-40-20-7-3-15-35(40)36-16-4-8-21-41(36)48/h1-23,25-26,29H,24H2. The smallest absolute Gasteiger partial charge is 0.0998 e. The van der Waals surface area contributed by atoms with Crippen LogP contribution in [0.3, 0.4) is 0 Å². The molecule has 1 atom stereocenters. The Morgan fingerprint density at radius 1 is 0.521 bits per heavy atom. The Morgan fingerprint density at radius 3 is 1.54 bits per heavy atom. The summed E-state index contributed by atoms with van der Waals surface area (Å²) in [4.78, 5) is 0. The number of benzene rings is 6. The van der Waals surface area contributed by atoms with Crippen LogP contribution in [-0.2, 0) is 0 Å². The number of nitriles is 2. The molecule has 0 spiro atoms. The molecule has 2 heterocycles. The first kappa shape index (κ1) is 27.7. The van der Waals surface area contributed by atoms with Gasteiger partial charge in [-0.2, -0.15) is 10.5 Å². The number of nitrogens with zero attached hydrogens (tertiary/aromatic N) is 4. The molecule has 0 fully saturated rings. The average Bonchev–Trinajstić information content (AvgIpc) is 3.67. The van der Waals surface area contributed by atoms with E-state index in [0.717, 1.165) is 56.3 Å². The molecular weight excluding hydrogens is 585 g/mol. The van der Waals surface area contributed by atoms with E-state index in [1.54, 1.807) is 0 Å². The minimum Gasteiger partial charge on any atom is -0.310 e. The van der Waals surface area contributed by atoms with Crippen molar-refractivity contribution in [1.29, 1.82) is 10.5 Å². The van der Waals surface area contributed by atoms with Crippen LogP contribution in [0.1, 0.15) is 29.0 Å². The molecule has 0 radical (unpaired) electrons. The highest BCUT2D eigenvalue weighted by Crippen LogP contribution is 2.43. The van der Waals surface area contributed by atoms with E-state index < -0.39 is 0 Å². The first-order chi connectivity index (χ1) is 23.8. The van der Waals surface area contributed by atoms with Crippen molar-refractivity contribution in [2.24, 2.45) is 0 Å². The Bertz CT molecular complexity index is 2630. The molecule has 1 unspecified atom stereocenters. The third kappa shape index (κ3) is 4.07. The quantitative estimate of drug-likeness (QED) is 0.199. The predicted octanol–water partition coefficient (Wildman–Crippen LogP) is 10.9. The number of hydrogen-bond donors (Lipinski definition) is 0. The maximum Gasteiger partial charge on any atom is 0.0998 e. The maximum absolute atomic E-state index is 10.5. The molecule has 0 saturated carbocycles. The van der Waals surface area contributed by atoms with Crippen LogP contribution in [0.5, 0.6) is 0 Å². The summed E-state index contributed by atoms with van der Waals surface area (Å²) in [7, 11) is 0. The van der Waals surface area contributed by atoms with Crippen molar-refractivity contribution in [3.05, 3.63) is 168 Å². The summed E-state index contributed by atoms with van der Waals surface area (Å²) in [5, 5.41) is 25.8. The van der Waals surface area contributed by atoms with Crippen LogP contribution < -0.4 is 0 Å². The molecule has 4 heteroatoms. The zero-order valence-electron chi connectivity index (χ0n) is 26.0. The molecule has 4 nitrogen and oxygen atoms in total. The van der Waals surface area contributed by atoms with Crippen LogP contribution in [-0.4, -0.2) is 9.13 Å². The lowest BCUT2D eigenvalue weighted by Crippen LogP contribution is -2.08. The van der Waals surface area contributed by atoms with E-state index >= 15 is 0 Å². The van der Waals surface area contributed by atoms with E-state index in [-0.39, 0.29) is 5.92 Å². The molecule has 2 aromatic heterocycles. The number of rotatable bonds is 4. The first-order valence-corrected chi connectivity index (χ1v) is 16.2. The Labute approximate surface area is 277 Å². The lowest BCUT2D eigenvalue weighted by molar-refractivity contribution is 0.848. The van der Waals surface area contributed by atoms with Crippen LogP contribution in [0.2, 0.25) is 0 Å². The molecule has 0 saturated heterocycles. The topological polar surface area (TPSA) is 57.4 Å². The summed E-state index contributed by atoms with van der Waals surface area (Å²) >= 11 is 0. The summed E-state index contributed by atoms with van der Waals surface area (Å²) in [5.74, 6) is -0.0505. The SMILES string of the molecule is N#Cc1cccc(-n2c3ccccc3c3ccccc32)c1-c1cccc(C#N)c1C1C=CC(n2c3ccccc3c3ccccc32)=CC1. The van der Waals surface area contributed by atoms with Crippen LogP contribution in [0.4, 0.5) is 0 Å². The monoisotopic (exact) mass is 612 g/mol. The predicted molar refractivity (Wildman–Crippen MR) is 196 cm³/mol. The van der Waals surface area contributed by atoms with Crippen LogP contribution in [0.15, 0.2) is 152 Å². The second-order valence-corrected chi connectivity index (χ2v) is 12.3. The number of aromatic nitrogens is 2. The highest BCUT2D eigenvalue weighted by atomic mass is 15.0. The van der Waals surface area contributed by atoms with Crippen LogP contribution in [0, 0.1) is 22.7 Å². The van der Waals surface area contributed by atoms with Gasteiger partial charge in [0.25, 0.3) is 0 Å². The largest absolute Gasteiger partial charge is 0.310 e. The van der Waals surface area contributed by atoms with Gasteiger partial charge in [-0.25, -0.2) is 0 Å². The van der Waals surface area contributed by atoms with E-state index in [1.165, 1.54) is 21.8 Å². The van der Waals surface area contributed by atoms with Gasteiger partial charge in [0.05, 0.1) is 51.0 Å². The van der Waals surface area contributed by atoms with Crippen molar-refractivity contribution in [2.75, 3.05) is 0 Å². The van der Waals surface area contributed by atoms with Gasteiger partial charge in [0, 0.05) is 38.7 Å². The van der Waals surface area contributed by atoms with Crippen molar-refractivity contribution < 1.29 is 0 Å². The van der Waals surface area contributed by atoms with E-state index in [9.17, 15) is 10.5 Å². The molecule has 1 aliphatic rings.